The summed E-state index contributed by atoms with van der Waals surface area (Å²) in [4.78, 5) is 0. The van der Waals surface area contributed by atoms with Crippen LogP contribution in [0, 0.1) is 0 Å². The summed E-state index contributed by atoms with van der Waals surface area (Å²) >= 11 is 0. The molecule has 0 saturated heterocycles. The Hall–Kier alpha value is -1.06. The van der Waals surface area contributed by atoms with E-state index >= 15 is 0 Å². The number of rotatable bonds is 5. The van der Waals surface area contributed by atoms with E-state index in [4.69, 9.17) is 4.43 Å². The Bertz CT molecular complexity index is 649. The molecule has 0 radical (unpaired) electrons. The van der Waals surface area contributed by atoms with Gasteiger partial charge in [-0.05, 0) is 35.8 Å². The molecule has 0 N–H and O–H groups in total. The van der Waals surface area contributed by atoms with Crippen molar-refractivity contribution in [1.29, 1.82) is 0 Å². The van der Waals surface area contributed by atoms with Crippen molar-refractivity contribution in [2.75, 3.05) is 0 Å². The third-order valence-corrected chi connectivity index (χ3v) is 9.25. The molecule has 1 aromatic carbocycles. The summed E-state index contributed by atoms with van der Waals surface area (Å²) in [6.07, 6.45) is 0. The molecule has 4 nitrogen and oxygen atoms in total. The molecule has 0 aliphatic heterocycles. The molecule has 0 fully saturated rings. The van der Waals surface area contributed by atoms with E-state index in [1.807, 2.05) is 13.1 Å². The van der Waals surface area contributed by atoms with Crippen molar-refractivity contribution < 1.29 is 30.2 Å². The highest BCUT2D eigenvalue weighted by atomic mass is 32.2. The Morgan fingerprint density at radius 2 is 1.70 bits per heavy atom. The topological polar surface area (TPSA) is 52.6 Å². The average molecular weight is 370 g/mol. The van der Waals surface area contributed by atoms with Gasteiger partial charge >= 0.3 is 15.6 Å². The quantitative estimate of drug-likeness (QED) is 0.437. The Balaban J connectivity index is 2.87. The van der Waals surface area contributed by atoms with Crippen LogP contribution in [0.25, 0.3) is 0 Å². The van der Waals surface area contributed by atoms with E-state index in [2.05, 4.69) is 25.0 Å². The fraction of sp³-hybridized carbons (Fsp3) is 0.571. The molecule has 23 heavy (non-hydrogen) atoms. The van der Waals surface area contributed by atoms with Crippen molar-refractivity contribution in [2.45, 2.75) is 51.0 Å². The maximum absolute atomic E-state index is 12.3. The van der Waals surface area contributed by atoms with Crippen LogP contribution in [-0.2, 0) is 21.2 Å². The predicted octanol–water partition coefficient (Wildman–Crippen LogP) is 4.44. The van der Waals surface area contributed by atoms with Gasteiger partial charge in [-0.15, -0.1) is 0 Å². The Kier molecular flexibility index (Phi) is 5.60. The largest absolute Gasteiger partial charge is 0.534 e. The molecule has 0 spiro atoms. The lowest BCUT2D eigenvalue weighted by Crippen LogP contribution is -2.40. The lowest BCUT2D eigenvalue weighted by molar-refractivity contribution is -0.0500. The second-order valence-electron chi connectivity index (χ2n) is 6.68. The summed E-state index contributed by atoms with van der Waals surface area (Å²) in [5.74, 6) is -0.390. The minimum absolute atomic E-state index is 0.0132. The molecule has 132 valence electrons. The van der Waals surface area contributed by atoms with E-state index in [1.54, 1.807) is 6.07 Å². The van der Waals surface area contributed by atoms with E-state index in [0.717, 1.165) is 6.07 Å². The first-order valence-corrected chi connectivity index (χ1v) is 11.2. The lowest BCUT2D eigenvalue weighted by atomic mass is 10.2. The van der Waals surface area contributed by atoms with Crippen LogP contribution in [0.15, 0.2) is 24.3 Å². The van der Waals surface area contributed by atoms with Gasteiger partial charge < -0.3 is 8.61 Å². The van der Waals surface area contributed by atoms with Crippen molar-refractivity contribution in [3.05, 3.63) is 29.8 Å². The van der Waals surface area contributed by atoms with Gasteiger partial charge in [0.05, 0.1) is 6.61 Å². The Morgan fingerprint density at radius 3 is 2.17 bits per heavy atom. The van der Waals surface area contributed by atoms with Crippen LogP contribution in [0.2, 0.25) is 18.1 Å². The van der Waals surface area contributed by atoms with E-state index in [0.29, 0.717) is 5.56 Å². The van der Waals surface area contributed by atoms with Crippen LogP contribution in [0.4, 0.5) is 13.2 Å². The minimum Gasteiger partial charge on any atom is -0.413 e. The van der Waals surface area contributed by atoms with Crippen LogP contribution in [-0.4, -0.2) is 22.2 Å². The van der Waals surface area contributed by atoms with Crippen molar-refractivity contribution >= 4 is 18.4 Å². The van der Waals surface area contributed by atoms with Crippen LogP contribution in [0.1, 0.15) is 26.3 Å². The van der Waals surface area contributed by atoms with E-state index in [1.165, 1.54) is 12.1 Å². The molecule has 9 heteroatoms. The molecular weight excluding hydrogens is 349 g/mol. The molecule has 0 saturated carbocycles. The van der Waals surface area contributed by atoms with Gasteiger partial charge in [-0.1, -0.05) is 32.9 Å². The monoisotopic (exact) mass is 370 g/mol. The standard InChI is InChI=1S/C14H21F3O4SSi/c1-13(2,3)23(4,5)20-10-11-7-6-8-12(9-11)21-22(18,19)14(15,16)17/h6-9H,10H2,1-5H3. The summed E-state index contributed by atoms with van der Waals surface area (Å²) in [7, 11) is -7.69. The third kappa shape index (κ3) is 5.22. The van der Waals surface area contributed by atoms with Gasteiger partial charge in [-0.3, -0.25) is 0 Å². The van der Waals surface area contributed by atoms with E-state index in [-0.39, 0.29) is 11.6 Å². The molecule has 0 aliphatic carbocycles. The molecule has 1 aromatic rings. The number of halogens is 3. The van der Waals surface area contributed by atoms with Crippen molar-refractivity contribution in [3.8, 4) is 5.75 Å². The van der Waals surface area contributed by atoms with Crippen LogP contribution < -0.4 is 4.18 Å². The van der Waals surface area contributed by atoms with Crippen molar-refractivity contribution in [2.24, 2.45) is 0 Å². The van der Waals surface area contributed by atoms with Crippen LogP contribution in [0.3, 0.4) is 0 Å². The van der Waals surface area contributed by atoms with Crippen molar-refractivity contribution in [1.82, 2.24) is 0 Å². The SMILES string of the molecule is CC(C)(C)[Si](C)(C)OCc1cccc(OS(=O)(=O)C(F)(F)F)c1. The average Bonchev–Trinajstić information content (AvgIpc) is 2.33. The number of benzene rings is 1. The van der Waals surface area contributed by atoms with Crippen LogP contribution >= 0.6 is 0 Å². The molecule has 0 bridgehead atoms. The molecular formula is C14H21F3O4SSi. The minimum atomic E-state index is -5.67. The maximum atomic E-state index is 12.3. The second-order valence-corrected chi connectivity index (χ2v) is 13.0. The molecule has 0 unspecified atom stereocenters. The fourth-order valence-corrected chi connectivity index (χ4v) is 2.75. The lowest BCUT2D eigenvalue weighted by Gasteiger charge is -2.36. The first kappa shape index (κ1) is 20.0. The third-order valence-electron chi connectivity index (χ3n) is 3.79. The Labute approximate surface area is 135 Å². The van der Waals surface area contributed by atoms with Gasteiger partial charge in [-0.2, -0.15) is 21.6 Å². The smallest absolute Gasteiger partial charge is 0.413 e. The molecule has 0 aromatic heterocycles. The first-order chi connectivity index (χ1) is 10.2. The zero-order valence-electron chi connectivity index (χ0n) is 13.7. The fourth-order valence-electron chi connectivity index (χ4n) is 1.34. The van der Waals surface area contributed by atoms with Gasteiger partial charge in [0.2, 0.25) is 0 Å². The summed E-state index contributed by atoms with van der Waals surface area (Å²) in [6.45, 7) is 10.5. The van der Waals surface area contributed by atoms with Crippen molar-refractivity contribution in [3.63, 3.8) is 0 Å². The summed E-state index contributed by atoms with van der Waals surface area (Å²) in [6, 6.07) is 5.45. The van der Waals surface area contributed by atoms with E-state index < -0.39 is 29.7 Å². The molecule has 0 amide bonds. The molecule has 0 heterocycles. The molecule has 0 aliphatic rings. The summed E-state index contributed by atoms with van der Waals surface area (Å²) in [5.41, 5.74) is -4.91. The van der Waals surface area contributed by atoms with Gasteiger partial charge in [0.1, 0.15) is 5.75 Å². The van der Waals surface area contributed by atoms with Gasteiger partial charge in [-0.25, -0.2) is 0 Å². The highest BCUT2D eigenvalue weighted by Gasteiger charge is 2.48. The number of hydrogen-bond acceptors (Lipinski definition) is 4. The van der Waals surface area contributed by atoms with E-state index in [9.17, 15) is 21.6 Å². The van der Waals surface area contributed by atoms with Gasteiger partial charge in [0.15, 0.2) is 8.32 Å². The molecule has 1 rings (SSSR count). The van der Waals surface area contributed by atoms with Gasteiger partial charge in [0.25, 0.3) is 0 Å². The number of alkyl halides is 3. The van der Waals surface area contributed by atoms with Gasteiger partial charge in [0, 0.05) is 0 Å². The summed E-state index contributed by atoms with van der Waals surface area (Å²) in [5, 5.41) is -0.0132. The normalized spacial score (nSPS) is 13.9. The number of hydrogen-bond donors (Lipinski definition) is 0. The second kappa shape index (κ2) is 6.44. The highest BCUT2D eigenvalue weighted by Crippen LogP contribution is 2.37. The predicted molar refractivity (Wildman–Crippen MR) is 84.0 cm³/mol. The maximum Gasteiger partial charge on any atom is 0.534 e. The molecule has 0 atom stereocenters. The summed E-state index contributed by atoms with van der Waals surface area (Å²) < 4.78 is 69.0. The zero-order chi connectivity index (χ0) is 18.1. The first-order valence-electron chi connectivity index (χ1n) is 6.89. The van der Waals surface area contributed by atoms with Crippen LogP contribution in [0.5, 0.6) is 5.75 Å². The Morgan fingerprint density at radius 1 is 1.13 bits per heavy atom. The highest BCUT2D eigenvalue weighted by molar-refractivity contribution is 7.88. The zero-order valence-corrected chi connectivity index (χ0v) is 15.5.